The topological polar surface area (TPSA) is 117 Å². The average Bonchev–Trinajstić information content (AvgIpc) is 2.70. The molecule has 1 aliphatic heterocycles. The van der Waals surface area contributed by atoms with E-state index < -0.39 is 10.5 Å². The predicted octanol–water partition coefficient (Wildman–Crippen LogP) is -0.685. The van der Waals surface area contributed by atoms with E-state index in [1.54, 1.807) is 0 Å². The van der Waals surface area contributed by atoms with Crippen molar-refractivity contribution in [3.05, 3.63) is 10.4 Å². The fourth-order valence-electron chi connectivity index (χ4n) is 5.69. The van der Waals surface area contributed by atoms with Crippen LogP contribution in [0.2, 0.25) is 0 Å². The smallest absolute Gasteiger partial charge is 0.190 e. The molecule has 5 N–H and O–H groups in total. The summed E-state index contributed by atoms with van der Waals surface area (Å²) in [5.74, 6) is 1.58. The number of piperidine rings is 1. The molecule has 3 rings (SSSR count). The summed E-state index contributed by atoms with van der Waals surface area (Å²) >= 11 is 2.23. The van der Waals surface area contributed by atoms with Gasteiger partial charge in [-0.2, -0.15) is 0 Å². The molecule has 3 aliphatic rings. The van der Waals surface area contributed by atoms with Gasteiger partial charge in [0.1, 0.15) is 18.6 Å². The molecule has 1 heterocycles. The van der Waals surface area contributed by atoms with Gasteiger partial charge in [0.25, 0.3) is 0 Å². The van der Waals surface area contributed by atoms with Gasteiger partial charge in [0.05, 0.1) is 17.0 Å². The lowest BCUT2D eigenvalue weighted by Gasteiger charge is -2.36. The van der Waals surface area contributed by atoms with Gasteiger partial charge in [0, 0.05) is 25.2 Å². The van der Waals surface area contributed by atoms with Crippen LogP contribution in [-0.2, 0) is 4.79 Å². The summed E-state index contributed by atoms with van der Waals surface area (Å²) < 4.78 is 0.141. The molecule has 168 valence electrons. The van der Waals surface area contributed by atoms with Crippen LogP contribution in [0, 0.1) is 28.2 Å². The number of hydrogen-bond acceptors (Lipinski definition) is 5. The number of hydroxylamine groups is 4. The predicted molar refractivity (Wildman–Crippen MR) is 115 cm³/mol. The monoisotopic (exact) mass is 526 g/mol. The Kier molecular flexibility index (Phi) is 9.12. The van der Waals surface area contributed by atoms with Crippen molar-refractivity contribution in [3.8, 4) is 0 Å². The first-order chi connectivity index (χ1) is 13.8. The van der Waals surface area contributed by atoms with E-state index in [0.29, 0.717) is 24.8 Å². The van der Waals surface area contributed by atoms with Crippen LogP contribution in [0.3, 0.4) is 0 Å². The van der Waals surface area contributed by atoms with Crippen molar-refractivity contribution in [2.45, 2.75) is 80.2 Å². The molecule has 5 unspecified atom stereocenters. The summed E-state index contributed by atoms with van der Waals surface area (Å²) in [6.07, 6.45) is 9.45. The fourth-order valence-corrected chi connectivity index (χ4v) is 6.65. The molecule has 8 nitrogen and oxygen atoms in total. The number of carbonyl (C=O) groups is 1. The van der Waals surface area contributed by atoms with E-state index in [-0.39, 0.29) is 27.7 Å². The standard InChI is InChI=1S/C20H36IN3O5/c21-18-6-3-16(12-19(18)24(28)29)20(25)13-22-9-7-15(8-10-22)11-14-1-4-17(5-2-14)23(26)27/h14-19,23-24,26,28H,1-13H2/p+1. The Balaban J connectivity index is 1.36. The molecule has 5 atom stereocenters. The molecule has 0 spiro atoms. The first-order valence-corrected chi connectivity index (χ1v) is 12.5. The maximum atomic E-state index is 12.8. The molecule has 0 bridgehead atoms. The second kappa shape index (κ2) is 11.1. The Hall–Kier alpha value is 0.120. The highest BCUT2D eigenvalue weighted by atomic mass is 127. The lowest BCUT2D eigenvalue weighted by atomic mass is 9.78. The summed E-state index contributed by atoms with van der Waals surface area (Å²) in [4.78, 5) is 14.1. The van der Waals surface area contributed by atoms with Crippen molar-refractivity contribution in [3.63, 3.8) is 0 Å². The molecule has 1 saturated heterocycles. The summed E-state index contributed by atoms with van der Waals surface area (Å²) in [7, 11) is 0. The first-order valence-electron chi connectivity index (χ1n) is 11.3. The Bertz CT molecular complexity index is 522. The number of quaternary nitrogens is 3. The molecule has 0 aromatic carbocycles. The fraction of sp³-hybridized carbons (Fsp3) is 0.950. The van der Waals surface area contributed by atoms with Crippen molar-refractivity contribution in [1.82, 2.24) is 0 Å². The minimum atomic E-state index is -0.757. The number of carbonyl (C=O) groups excluding carboxylic acids is 1. The van der Waals surface area contributed by atoms with E-state index in [1.807, 2.05) is 0 Å². The highest BCUT2D eigenvalue weighted by Gasteiger charge is 2.38. The van der Waals surface area contributed by atoms with E-state index >= 15 is 0 Å². The lowest BCUT2D eigenvalue weighted by Crippen LogP contribution is -3.14. The molecule has 2 aliphatic carbocycles. The van der Waals surface area contributed by atoms with Crippen molar-refractivity contribution < 1.29 is 30.6 Å². The third-order valence-corrected chi connectivity index (χ3v) is 9.13. The number of Topliss-reactive ketones (excluding diaryl/α,β-unsaturated/α-hetero) is 1. The number of rotatable bonds is 7. The molecule has 0 amide bonds. The molecule has 29 heavy (non-hydrogen) atoms. The van der Waals surface area contributed by atoms with Crippen molar-refractivity contribution in [1.29, 1.82) is 0 Å². The number of halogens is 1. The normalized spacial score (nSPS) is 40.9. The average molecular weight is 526 g/mol. The SMILES string of the molecule is O=C(C[NH+]1CCC(CC2CCC([NH+]([O-])O)CC2)CC1)C1CCC(I)C([NH+]([O-])O)C1. The third-order valence-electron chi connectivity index (χ3n) is 7.64. The molecular weight excluding hydrogens is 489 g/mol. The van der Waals surface area contributed by atoms with Gasteiger partial charge >= 0.3 is 0 Å². The van der Waals surface area contributed by atoms with Gasteiger partial charge in [0.15, 0.2) is 5.78 Å². The molecule has 0 aromatic heterocycles. The van der Waals surface area contributed by atoms with E-state index in [2.05, 4.69) is 22.6 Å². The molecule has 0 aromatic rings. The zero-order valence-corrected chi connectivity index (χ0v) is 19.3. The van der Waals surface area contributed by atoms with E-state index in [0.717, 1.165) is 64.5 Å². The quantitative estimate of drug-likeness (QED) is 0.171. The lowest BCUT2D eigenvalue weighted by molar-refractivity contribution is -1.07. The van der Waals surface area contributed by atoms with Crippen LogP contribution in [0.25, 0.3) is 0 Å². The summed E-state index contributed by atoms with van der Waals surface area (Å²) in [5, 5.41) is 39.7. The molecule has 3 fully saturated rings. The van der Waals surface area contributed by atoms with Gasteiger partial charge in [0.2, 0.25) is 0 Å². The van der Waals surface area contributed by atoms with Gasteiger partial charge in [-0.25, -0.2) is 20.9 Å². The minimum Gasteiger partial charge on any atom is -0.600 e. The Morgan fingerprint density at radius 2 is 1.55 bits per heavy atom. The van der Waals surface area contributed by atoms with Crippen molar-refractivity contribution in [2.24, 2.45) is 17.8 Å². The van der Waals surface area contributed by atoms with Crippen LogP contribution in [0.4, 0.5) is 0 Å². The number of hydrogen-bond donors (Lipinski definition) is 5. The van der Waals surface area contributed by atoms with Crippen LogP contribution in [0.5, 0.6) is 0 Å². The van der Waals surface area contributed by atoms with E-state index in [4.69, 9.17) is 5.21 Å². The molecular formula is C20H37IN3O5+. The van der Waals surface area contributed by atoms with Crippen LogP contribution in [0.15, 0.2) is 0 Å². The van der Waals surface area contributed by atoms with E-state index in [9.17, 15) is 20.4 Å². The number of alkyl halides is 1. The zero-order chi connectivity index (χ0) is 21.0. The minimum absolute atomic E-state index is 0.0724. The second-order valence-electron chi connectivity index (χ2n) is 9.60. The van der Waals surface area contributed by atoms with E-state index in [1.165, 1.54) is 11.3 Å². The molecule has 2 saturated carbocycles. The maximum absolute atomic E-state index is 12.8. The number of likely N-dealkylation sites (tertiary alicyclic amines) is 1. The maximum Gasteiger partial charge on any atom is 0.190 e. The van der Waals surface area contributed by atoms with Gasteiger partial charge in [-0.3, -0.25) is 4.79 Å². The van der Waals surface area contributed by atoms with Gasteiger partial charge < -0.3 is 15.3 Å². The summed E-state index contributed by atoms with van der Waals surface area (Å²) in [5.41, 5.74) is 0. The third kappa shape index (κ3) is 6.80. The zero-order valence-electron chi connectivity index (χ0n) is 17.2. The second-order valence-corrected chi connectivity index (χ2v) is 11.2. The summed E-state index contributed by atoms with van der Waals surface area (Å²) in [6, 6.07) is -0.512. The van der Waals surface area contributed by atoms with Gasteiger partial charge in [-0.05, 0) is 56.8 Å². The van der Waals surface area contributed by atoms with Crippen LogP contribution in [0.1, 0.15) is 64.2 Å². The highest BCUT2D eigenvalue weighted by molar-refractivity contribution is 14.1. The van der Waals surface area contributed by atoms with Gasteiger partial charge in [-0.1, -0.05) is 22.6 Å². The number of ketones is 1. The Labute approximate surface area is 186 Å². The molecule has 0 radical (unpaired) electrons. The summed E-state index contributed by atoms with van der Waals surface area (Å²) in [6.45, 7) is 2.62. The Morgan fingerprint density at radius 1 is 0.931 bits per heavy atom. The molecule has 9 heteroatoms. The number of nitrogens with one attached hydrogen (secondary N) is 3. The van der Waals surface area contributed by atoms with Crippen LogP contribution >= 0.6 is 22.6 Å². The first kappa shape index (κ1) is 23.8. The Morgan fingerprint density at radius 3 is 2.14 bits per heavy atom. The highest BCUT2D eigenvalue weighted by Crippen LogP contribution is 2.31. The van der Waals surface area contributed by atoms with Crippen molar-refractivity contribution >= 4 is 28.4 Å². The largest absolute Gasteiger partial charge is 0.600 e. The van der Waals surface area contributed by atoms with Gasteiger partial charge in [-0.15, -0.1) is 0 Å². The van der Waals surface area contributed by atoms with Crippen LogP contribution < -0.4 is 15.4 Å². The van der Waals surface area contributed by atoms with Crippen LogP contribution in [-0.4, -0.2) is 51.8 Å². The van der Waals surface area contributed by atoms with Crippen molar-refractivity contribution in [2.75, 3.05) is 19.6 Å².